The van der Waals surface area contributed by atoms with Crippen LogP contribution in [0.25, 0.3) is 17.2 Å². The van der Waals surface area contributed by atoms with Gasteiger partial charge >= 0.3 is 0 Å². The normalized spacial score (nSPS) is 21.0. The minimum absolute atomic E-state index is 0.757. The maximum absolute atomic E-state index is 6.11. The number of morpholine rings is 1. The van der Waals surface area contributed by atoms with Crippen LogP contribution < -0.4 is 0 Å². The van der Waals surface area contributed by atoms with Crippen molar-refractivity contribution in [1.29, 1.82) is 0 Å². The van der Waals surface area contributed by atoms with Gasteiger partial charge in [0.15, 0.2) is 5.82 Å². The van der Waals surface area contributed by atoms with Gasteiger partial charge < -0.3 is 4.74 Å². The van der Waals surface area contributed by atoms with Crippen molar-refractivity contribution in [2.24, 2.45) is 0 Å². The average Bonchev–Trinajstić information content (AvgIpc) is 2.77. The van der Waals surface area contributed by atoms with E-state index < -0.39 is 0 Å². The zero-order chi connectivity index (χ0) is 13.7. The van der Waals surface area contributed by atoms with E-state index in [1.54, 1.807) is 0 Å². The zero-order valence-corrected chi connectivity index (χ0v) is 12.2. The van der Waals surface area contributed by atoms with Crippen molar-refractivity contribution in [3.8, 4) is 0 Å². The highest BCUT2D eigenvalue weighted by Gasteiger charge is 2.37. The van der Waals surface area contributed by atoms with Crippen LogP contribution >= 0.6 is 11.6 Å². The van der Waals surface area contributed by atoms with Crippen molar-refractivity contribution in [2.45, 2.75) is 13.5 Å². The minimum atomic E-state index is 0.757. The molecule has 0 unspecified atom stereocenters. The number of fused-ring (bicyclic) bond motifs is 3. The van der Waals surface area contributed by atoms with Gasteiger partial charge in [0.1, 0.15) is 25.3 Å². The smallest absolute Gasteiger partial charge is 0.170 e. The Morgan fingerprint density at radius 3 is 2.90 bits per heavy atom. The first-order valence-electron chi connectivity index (χ1n) is 6.97. The molecule has 0 bridgehead atoms. The first kappa shape index (κ1) is 12.4. The van der Waals surface area contributed by atoms with Gasteiger partial charge in [0.05, 0.1) is 30.4 Å². The molecule has 0 aliphatic carbocycles. The summed E-state index contributed by atoms with van der Waals surface area (Å²) in [5.41, 5.74) is 3.49. The van der Waals surface area contributed by atoms with E-state index in [0.717, 1.165) is 59.2 Å². The highest BCUT2D eigenvalue weighted by atomic mass is 35.5. The Labute approximate surface area is 122 Å². The van der Waals surface area contributed by atoms with Gasteiger partial charge in [-0.3, -0.25) is 9.05 Å². The summed E-state index contributed by atoms with van der Waals surface area (Å²) in [5, 5.41) is 0.757. The summed E-state index contributed by atoms with van der Waals surface area (Å²) in [6, 6.07) is 5.89. The first-order chi connectivity index (χ1) is 9.68. The maximum atomic E-state index is 6.11. The van der Waals surface area contributed by atoms with E-state index in [1.807, 2.05) is 18.2 Å². The average molecular weight is 291 g/mol. The second kappa shape index (κ2) is 4.32. The fourth-order valence-electron chi connectivity index (χ4n) is 3.28. The molecular weight excluding hydrogens is 274 g/mol. The molecule has 1 saturated heterocycles. The number of hydrogen-bond acceptors (Lipinski definition) is 2. The molecule has 1 aromatic heterocycles. The van der Waals surface area contributed by atoms with Crippen LogP contribution in [0.15, 0.2) is 23.9 Å². The lowest BCUT2D eigenvalue weighted by Gasteiger charge is -2.42. The monoisotopic (exact) mass is 290 g/mol. The van der Waals surface area contributed by atoms with Crippen LogP contribution in [0, 0.1) is 0 Å². The summed E-state index contributed by atoms with van der Waals surface area (Å²) in [4.78, 5) is 4.78. The number of rotatable bonds is 0. The van der Waals surface area contributed by atoms with Crippen LogP contribution in [0.5, 0.6) is 0 Å². The molecule has 2 aliphatic rings. The molecule has 0 N–H and O–H groups in total. The number of ether oxygens (including phenoxy) is 1. The topological polar surface area (TPSA) is 27.1 Å². The lowest BCUT2D eigenvalue weighted by molar-refractivity contribution is -0.913. The Hall–Kier alpha value is -1.36. The Morgan fingerprint density at radius 2 is 2.10 bits per heavy atom. The second-order valence-electron chi connectivity index (χ2n) is 5.66. The van der Waals surface area contributed by atoms with Crippen molar-refractivity contribution in [2.75, 3.05) is 26.3 Å². The van der Waals surface area contributed by atoms with E-state index in [4.69, 9.17) is 21.3 Å². The SMILES string of the molecule is CC1=Cn2c(nc3ccc(Cl)cc32)C[N+]12CCOCC2. The molecule has 4 rings (SSSR count). The molecule has 104 valence electrons. The van der Waals surface area contributed by atoms with Crippen molar-refractivity contribution in [3.05, 3.63) is 34.7 Å². The van der Waals surface area contributed by atoms with Crippen molar-refractivity contribution in [3.63, 3.8) is 0 Å². The Kier molecular flexibility index (Phi) is 2.67. The molecule has 5 heteroatoms. The Bertz CT molecular complexity index is 713. The molecule has 1 fully saturated rings. The number of allylic oxidation sites excluding steroid dienone is 1. The summed E-state index contributed by atoms with van der Waals surface area (Å²) >= 11 is 6.11. The van der Waals surface area contributed by atoms with Gasteiger partial charge in [-0.1, -0.05) is 11.6 Å². The molecule has 2 aliphatic heterocycles. The predicted molar refractivity (Wildman–Crippen MR) is 79.2 cm³/mol. The first-order valence-corrected chi connectivity index (χ1v) is 7.35. The van der Waals surface area contributed by atoms with Crippen LogP contribution in [0.1, 0.15) is 12.7 Å². The van der Waals surface area contributed by atoms with Crippen LogP contribution in [-0.4, -0.2) is 40.3 Å². The zero-order valence-electron chi connectivity index (χ0n) is 11.5. The lowest BCUT2D eigenvalue weighted by atomic mass is 10.2. The van der Waals surface area contributed by atoms with Gasteiger partial charge in [0.25, 0.3) is 0 Å². The molecule has 2 aromatic rings. The third kappa shape index (κ3) is 1.72. The van der Waals surface area contributed by atoms with Crippen molar-refractivity contribution in [1.82, 2.24) is 9.55 Å². The van der Waals surface area contributed by atoms with Gasteiger partial charge in [-0.15, -0.1) is 0 Å². The third-order valence-electron chi connectivity index (χ3n) is 4.56. The van der Waals surface area contributed by atoms with E-state index in [2.05, 4.69) is 17.7 Å². The quantitative estimate of drug-likeness (QED) is 0.698. The number of nitrogens with zero attached hydrogens (tertiary/aromatic N) is 3. The molecule has 20 heavy (non-hydrogen) atoms. The molecule has 1 spiro atoms. The van der Waals surface area contributed by atoms with Gasteiger partial charge in [0.2, 0.25) is 0 Å². The minimum Gasteiger partial charge on any atom is -0.370 e. The molecule has 3 heterocycles. The number of imidazole rings is 1. The van der Waals surface area contributed by atoms with E-state index in [9.17, 15) is 0 Å². The second-order valence-corrected chi connectivity index (χ2v) is 6.10. The largest absolute Gasteiger partial charge is 0.370 e. The molecule has 0 radical (unpaired) electrons. The summed E-state index contributed by atoms with van der Waals surface area (Å²) in [5.74, 6) is 1.12. The summed E-state index contributed by atoms with van der Waals surface area (Å²) in [7, 11) is 0. The molecule has 4 nitrogen and oxygen atoms in total. The highest BCUT2D eigenvalue weighted by molar-refractivity contribution is 6.31. The van der Waals surface area contributed by atoms with Crippen molar-refractivity contribution >= 4 is 28.8 Å². The number of aromatic nitrogens is 2. The van der Waals surface area contributed by atoms with Gasteiger partial charge in [-0.05, 0) is 18.2 Å². The molecule has 0 atom stereocenters. The molecule has 0 saturated carbocycles. The van der Waals surface area contributed by atoms with Crippen LogP contribution in [-0.2, 0) is 11.3 Å². The number of halogens is 1. The number of quaternary nitrogens is 1. The van der Waals surface area contributed by atoms with Crippen LogP contribution in [0.3, 0.4) is 0 Å². The summed E-state index contributed by atoms with van der Waals surface area (Å²) < 4.78 is 8.69. The van der Waals surface area contributed by atoms with E-state index in [1.165, 1.54) is 5.70 Å². The van der Waals surface area contributed by atoms with Crippen LogP contribution in [0.4, 0.5) is 0 Å². The summed E-state index contributed by atoms with van der Waals surface area (Å²) in [6.07, 6.45) is 2.22. The maximum Gasteiger partial charge on any atom is 0.170 e. The van der Waals surface area contributed by atoms with Crippen LogP contribution in [0.2, 0.25) is 5.02 Å². The Balaban J connectivity index is 1.87. The molecule has 0 amide bonds. The van der Waals surface area contributed by atoms with E-state index in [-0.39, 0.29) is 0 Å². The van der Waals surface area contributed by atoms with Crippen molar-refractivity contribution < 1.29 is 9.22 Å². The number of hydrogen-bond donors (Lipinski definition) is 0. The van der Waals surface area contributed by atoms with Gasteiger partial charge in [-0.25, -0.2) is 4.98 Å². The van der Waals surface area contributed by atoms with Gasteiger partial charge in [-0.2, -0.15) is 0 Å². The van der Waals surface area contributed by atoms with E-state index >= 15 is 0 Å². The third-order valence-corrected chi connectivity index (χ3v) is 4.80. The number of benzene rings is 1. The predicted octanol–water partition coefficient (Wildman–Crippen LogP) is 2.87. The molecular formula is C15H17ClN3O+. The highest BCUT2D eigenvalue weighted by Crippen LogP contribution is 2.32. The lowest BCUT2D eigenvalue weighted by Crippen LogP contribution is -2.54. The fraction of sp³-hybridized carbons (Fsp3) is 0.400. The Morgan fingerprint density at radius 1 is 1.30 bits per heavy atom. The van der Waals surface area contributed by atoms with Gasteiger partial charge in [0, 0.05) is 11.9 Å². The standard InChI is InChI=1S/C15H17ClN3O/c1-11-9-18-14-8-12(16)2-3-13(14)17-15(18)10-19(11)4-6-20-7-5-19/h2-3,8-9H,4-7,10H2,1H3/q+1. The molecule has 1 aromatic carbocycles. The summed E-state index contributed by atoms with van der Waals surface area (Å²) in [6.45, 7) is 6.88. The van der Waals surface area contributed by atoms with E-state index in [0.29, 0.717) is 0 Å². The fourth-order valence-corrected chi connectivity index (χ4v) is 3.45.